The zero-order valence-electron chi connectivity index (χ0n) is 14.5. The van der Waals surface area contributed by atoms with Gasteiger partial charge in [0.05, 0.1) is 24.1 Å². The predicted molar refractivity (Wildman–Crippen MR) is 96.2 cm³/mol. The number of hydrogen-bond donors (Lipinski definition) is 2. The van der Waals surface area contributed by atoms with Gasteiger partial charge in [-0.25, -0.2) is 0 Å². The van der Waals surface area contributed by atoms with Crippen molar-refractivity contribution in [3.8, 4) is 0 Å². The van der Waals surface area contributed by atoms with Crippen LogP contribution < -0.4 is 5.56 Å². The Morgan fingerprint density at radius 1 is 1.28 bits per heavy atom. The highest BCUT2D eigenvalue weighted by molar-refractivity contribution is 5.80. The van der Waals surface area contributed by atoms with E-state index in [0.717, 1.165) is 34.3 Å². The highest BCUT2D eigenvalue weighted by Crippen LogP contribution is 2.22. The second kappa shape index (κ2) is 7.11. The van der Waals surface area contributed by atoms with Crippen molar-refractivity contribution < 1.29 is 14.6 Å². The Kier molecular flexibility index (Phi) is 4.90. The zero-order chi connectivity index (χ0) is 18.0. The largest absolute Gasteiger partial charge is 0.481 e. The number of hydrogen-bond acceptors (Lipinski definition) is 3. The first-order valence-corrected chi connectivity index (χ1v) is 8.46. The number of nitrogens with one attached hydrogen (secondary N) is 1. The number of aliphatic carboxylic acids is 1. The summed E-state index contributed by atoms with van der Waals surface area (Å²) in [5.74, 6) is -0.848. The fourth-order valence-corrected chi connectivity index (χ4v) is 3.14. The Morgan fingerprint density at radius 2 is 2.08 bits per heavy atom. The van der Waals surface area contributed by atoms with Crippen LogP contribution in [0.2, 0.25) is 0 Å². The number of nitrogens with zero attached hydrogens (tertiary/aromatic N) is 1. The Labute approximate surface area is 145 Å². The maximum Gasteiger partial charge on any atom is 0.303 e. The molecule has 0 fully saturated rings. The molecule has 0 saturated carbocycles. The molecule has 2 heterocycles. The van der Waals surface area contributed by atoms with Gasteiger partial charge in [0.25, 0.3) is 5.56 Å². The van der Waals surface area contributed by atoms with E-state index in [1.54, 1.807) is 0 Å². The minimum absolute atomic E-state index is 0.0319. The van der Waals surface area contributed by atoms with E-state index in [4.69, 9.17) is 9.84 Å². The smallest absolute Gasteiger partial charge is 0.303 e. The second-order valence-corrected chi connectivity index (χ2v) is 6.25. The average Bonchev–Trinajstić information content (AvgIpc) is 2.90. The second-order valence-electron chi connectivity index (χ2n) is 6.25. The van der Waals surface area contributed by atoms with Gasteiger partial charge in [-0.15, -0.1) is 0 Å². The summed E-state index contributed by atoms with van der Waals surface area (Å²) in [6.45, 7) is 5.16. The number of fused-ring (bicyclic) bond motifs is 3. The van der Waals surface area contributed by atoms with E-state index in [1.807, 2.05) is 35.6 Å². The van der Waals surface area contributed by atoms with Crippen LogP contribution in [-0.2, 0) is 22.6 Å². The first kappa shape index (κ1) is 17.2. The molecule has 6 heteroatoms. The van der Waals surface area contributed by atoms with E-state index in [-0.39, 0.29) is 12.0 Å². The van der Waals surface area contributed by atoms with E-state index in [9.17, 15) is 9.59 Å². The van der Waals surface area contributed by atoms with Crippen molar-refractivity contribution in [2.24, 2.45) is 0 Å². The van der Waals surface area contributed by atoms with Gasteiger partial charge in [-0.1, -0.05) is 13.0 Å². The minimum Gasteiger partial charge on any atom is -0.481 e. The molecule has 0 atom stereocenters. The minimum atomic E-state index is -0.848. The van der Waals surface area contributed by atoms with Crippen molar-refractivity contribution in [2.75, 3.05) is 6.61 Å². The molecule has 0 unspecified atom stereocenters. The van der Waals surface area contributed by atoms with Crippen molar-refractivity contribution in [3.05, 3.63) is 51.4 Å². The SMILES string of the molecule is CCCOCc1ccc2c(c1)[nH]c(=O)c1cc(C)c(CCC(=O)O)n12. The third kappa shape index (κ3) is 3.44. The van der Waals surface area contributed by atoms with Crippen molar-refractivity contribution in [1.29, 1.82) is 0 Å². The number of carboxylic acid groups (broad SMARTS) is 1. The lowest BCUT2D eigenvalue weighted by atomic mass is 10.1. The van der Waals surface area contributed by atoms with Gasteiger partial charge >= 0.3 is 5.97 Å². The molecule has 132 valence electrons. The molecule has 0 aliphatic heterocycles. The average molecular weight is 342 g/mol. The number of benzene rings is 1. The van der Waals surface area contributed by atoms with Crippen LogP contribution in [0.25, 0.3) is 16.6 Å². The Hall–Kier alpha value is -2.60. The van der Waals surface area contributed by atoms with Gasteiger partial charge in [0.2, 0.25) is 0 Å². The monoisotopic (exact) mass is 342 g/mol. The molecule has 1 aromatic carbocycles. The number of carbonyl (C=O) groups is 1. The Bertz CT molecular complexity index is 984. The molecule has 0 aliphatic carbocycles. The molecule has 25 heavy (non-hydrogen) atoms. The molecule has 0 amide bonds. The fraction of sp³-hybridized carbons (Fsp3) is 0.368. The standard InChI is InChI=1S/C19H22N2O4/c1-3-8-25-11-13-4-5-16-14(10-13)20-19(24)17-9-12(2)15(21(16)17)6-7-18(22)23/h4-5,9-10H,3,6-8,11H2,1-2H3,(H,20,24)(H,22,23). The molecule has 2 aromatic heterocycles. The molecular formula is C19H22N2O4. The molecule has 3 rings (SSSR count). The highest BCUT2D eigenvalue weighted by atomic mass is 16.5. The van der Waals surface area contributed by atoms with Crippen LogP contribution in [0.1, 0.15) is 36.6 Å². The molecule has 3 aromatic rings. The van der Waals surface area contributed by atoms with Gasteiger partial charge < -0.3 is 19.2 Å². The van der Waals surface area contributed by atoms with Gasteiger partial charge in [0, 0.05) is 12.3 Å². The molecular weight excluding hydrogens is 320 g/mol. The number of aromatic amines is 1. The fourth-order valence-electron chi connectivity index (χ4n) is 3.14. The molecule has 0 saturated heterocycles. The summed E-state index contributed by atoms with van der Waals surface area (Å²) in [7, 11) is 0. The highest BCUT2D eigenvalue weighted by Gasteiger charge is 2.14. The van der Waals surface area contributed by atoms with E-state index < -0.39 is 5.97 Å². The van der Waals surface area contributed by atoms with E-state index in [2.05, 4.69) is 11.9 Å². The number of carboxylic acids is 1. The summed E-state index contributed by atoms with van der Waals surface area (Å²) in [6.07, 6.45) is 1.38. The first-order valence-electron chi connectivity index (χ1n) is 8.46. The van der Waals surface area contributed by atoms with Gasteiger partial charge in [0.15, 0.2) is 0 Å². The van der Waals surface area contributed by atoms with Crippen molar-refractivity contribution in [1.82, 2.24) is 9.38 Å². The van der Waals surface area contributed by atoms with Crippen LogP contribution in [0.5, 0.6) is 0 Å². The van der Waals surface area contributed by atoms with Crippen LogP contribution in [-0.4, -0.2) is 27.1 Å². The van der Waals surface area contributed by atoms with Crippen LogP contribution in [0.15, 0.2) is 29.1 Å². The van der Waals surface area contributed by atoms with Crippen LogP contribution >= 0.6 is 0 Å². The van der Waals surface area contributed by atoms with Crippen LogP contribution in [0.4, 0.5) is 0 Å². The number of rotatable bonds is 7. The third-order valence-electron chi connectivity index (χ3n) is 4.29. The number of ether oxygens (including phenoxy) is 1. The number of H-pyrrole nitrogens is 1. The molecule has 2 N–H and O–H groups in total. The zero-order valence-corrected chi connectivity index (χ0v) is 14.5. The lowest BCUT2D eigenvalue weighted by Crippen LogP contribution is -2.12. The summed E-state index contributed by atoms with van der Waals surface area (Å²) >= 11 is 0. The lowest BCUT2D eigenvalue weighted by Gasteiger charge is -2.09. The predicted octanol–water partition coefficient (Wildman–Crippen LogP) is 3.03. The Morgan fingerprint density at radius 3 is 2.80 bits per heavy atom. The summed E-state index contributed by atoms with van der Waals surface area (Å²) in [4.78, 5) is 26.3. The summed E-state index contributed by atoms with van der Waals surface area (Å²) in [5, 5.41) is 8.99. The third-order valence-corrected chi connectivity index (χ3v) is 4.29. The van der Waals surface area contributed by atoms with Crippen LogP contribution in [0.3, 0.4) is 0 Å². The van der Waals surface area contributed by atoms with Crippen molar-refractivity contribution in [3.63, 3.8) is 0 Å². The normalized spacial score (nSPS) is 11.4. The first-order chi connectivity index (χ1) is 12.0. The number of aromatic nitrogens is 2. The van der Waals surface area contributed by atoms with Gasteiger partial charge in [-0.05, 0) is 49.1 Å². The maximum atomic E-state index is 12.4. The molecule has 0 radical (unpaired) electrons. The molecule has 6 nitrogen and oxygen atoms in total. The van der Waals surface area contributed by atoms with Gasteiger partial charge in [-0.3, -0.25) is 9.59 Å². The van der Waals surface area contributed by atoms with E-state index >= 15 is 0 Å². The van der Waals surface area contributed by atoms with Gasteiger partial charge in [0.1, 0.15) is 5.52 Å². The quantitative estimate of drug-likeness (QED) is 0.647. The van der Waals surface area contributed by atoms with Crippen LogP contribution in [0, 0.1) is 6.92 Å². The Balaban J connectivity index is 2.12. The topological polar surface area (TPSA) is 83.8 Å². The number of aryl methyl sites for hydroxylation is 2. The summed E-state index contributed by atoms with van der Waals surface area (Å²) in [5.41, 5.74) is 4.73. The van der Waals surface area contributed by atoms with Crippen molar-refractivity contribution >= 4 is 22.5 Å². The molecule has 0 spiro atoms. The molecule has 0 bridgehead atoms. The summed E-state index contributed by atoms with van der Waals surface area (Å²) in [6, 6.07) is 7.66. The van der Waals surface area contributed by atoms with Crippen molar-refractivity contribution in [2.45, 2.75) is 39.7 Å². The van der Waals surface area contributed by atoms with Gasteiger partial charge in [-0.2, -0.15) is 0 Å². The van der Waals surface area contributed by atoms with E-state index in [0.29, 0.717) is 25.2 Å². The maximum absolute atomic E-state index is 12.4. The lowest BCUT2D eigenvalue weighted by molar-refractivity contribution is -0.136. The van der Waals surface area contributed by atoms with E-state index in [1.165, 1.54) is 0 Å². The molecule has 0 aliphatic rings. The summed E-state index contributed by atoms with van der Waals surface area (Å²) < 4.78 is 7.44.